The van der Waals surface area contributed by atoms with E-state index in [4.69, 9.17) is 4.74 Å². The summed E-state index contributed by atoms with van der Waals surface area (Å²) in [7, 11) is 0. The molecule has 1 atom stereocenters. The lowest BCUT2D eigenvalue weighted by Crippen LogP contribution is -2.36. The normalized spacial score (nSPS) is 21.2. The summed E-state index contributed by atoms with van der Waals surface area (Å²) < 4.78 is 5.97. The molecule has 0 aliphatic carbocycles. The van der Waals surface area contributed by atoms with Crippen LogP contribution >= 0.6 is 0 Å². The third-order valence-electron chi connectivity index (χ3n) is 7.14. The second-order valence-corrected chi connectivity index (χ2v) is 9.64. The Morgan fingerprint density at radius 3 is 2.82 bits per heavy atom. The second kappa shape index (κ2) is 10.2. The fourth-order valence-corrected chi connectivity index (χ4v) is 5.33. The second-order valence-electron chi connectivity index (χ2n) is 9.64. The molecule has 34 heavy (non-hydrogen) atoms. The van der Waals surface area contributed by atoms with Crippen LogP contribution < -0.4 is 9.64 Å². The number of ether oxygens (including phenoxy) is 1. The summed E-state index contributed by atoms with van der Waals surface area (Å²) in [6.45, 7) is 5.22. The number of hydrogen-bond donors (Lipinski definition) is 1. The number of hydrogen-bond acceptors (Lipinski definition) is 5. The highest BCUT2D eigenvalue weighted by Crippen LogP contribution is 2.28. The van der Waals surface area contributed by atoms with Crippen LogP contribution in [0.3, 0.4) is 0 Å². The summed E-state index contributed by atoms with van der Waals surface area (Å²) in [6.07, 6.45) is 3.63. The molecule has 2 saturated heterocycles. The van der Waals surface area contributed by atoms with Crippen molar-refractivity contribution in [2.75, 3.05) is 44.3 Å². The van der Waals surface area contributed by atoms with Crippen LogP contribution in [0.2, 0.25) is 0 Å². The lowest BCUT2D eigenvalue weighted by atomic mass is 9.98. The Kier molecular flexibility index (Phi) is 6.83. The van der Waals surface area contributed by atoms with Gasteiger partial charge in [0.15, 0.2) is 0 Å². The Bertz CT molecular complexity index is 1060. The number of carbonyl (C=O) groups excluding carboxylic acids is 2. The van der Waals surface area contributed by atoms with Crippen LogP contribution in [0.15, 0.2) is 42.5 Å². The van der Waals surface area contributed by atoms with Gasteiger partial charge < -0.3 is 19.6 Å². The summed E-state index contributed by atoms with van der Waals surface area (Å²) in [5, 5.41) is 9.53. The molecule has 2 aromatic carbocycles. The molecule has 0 radical (unpaired) electrons. The average molecular weight is 464 g/mol. The van der Waals surface area contributed by atoms with E-state index in [1.54, 1.807) is 4.90 Å². The van der Waals surface area contributed by atoms with Crippen molar-refractivity contribution in [3.05, 3.63) is 59.2 Å². The fraction of sp³-hybridized carbons (Fsp3) is 0.481. The number of nitrogens with zero attached hydrogens (tertiary/aromatic N) is 3. The lowest BCUT2D eigenvalue weighted by molar-refractivity contribution is -0.117. The molecule has 7 nitrogen and oxygen atoms in total. The third kappa shape index (κ3) is 4.95. The minimum atomic E-state index is -0.0443. The first kappa shape index (κ1) is 22.9. The zero-order valence-electron chi connectivity index (χ0n) is 19.6. The van der Waals surface area contributed by atoms with Crippen LogP contribution in [-0.2, 0) is 17.9 Å². The third-order valence-corrected chi connectivity index (χ3v) is 7.14. The zero-order valence-corrected chi connectivity index (χ0v) is 19.6. The predicted molar refractivity (Wildman–Crippen MR) is 130 cm³/mol. The van der Waals surface area contributed by atoms with Gasteiger partial charge in [-0.3, -0.25) is 14.5 Å². The molecule has 5 rings (SSSR count). The number of likely N-dealkylation sites (tertiary alicyclic amines) is 1. The maximum atomic E-state index is 13.4. The van der Waals surface area contributed by atoms with E-state index in [9.17, 15) is 14.7 Å². The van der Waals surface area contributed by atoms with Crippen LogP contribution in [0.25, 0.3) is 0 Å². The molecular formula is C27H33N3O4. The van der Waals surface area contributed by atoms with Crippen LogP contribution in [0.5, 0.6) is 5.75 Å². The van der Waals surface area contributed by atoms with Crippen molar-refractivity contribution in [2.45, 2.75) is 38.8 Å². The van der Waals surface area contributed by atoms with Crippen LogP contribution in [-0.4, -0.2) is 66.1 Å². The van der Waals surface area contributed by atoms with Gasteiger partial charge in [0.25, 0.3) is 5.91 Å². The summed E-state index contributed by atoms with van der Waals surface area (Å²) >= 11 is 0. The first-order chi connectivity index (χ1) is 16.6. The molecular weight excluding hydrogens is 430 g/mol. The monoisotopic (exact) mass is 463 g/mol. The molecule has 0 bridgehead atoms. The van der Waals surface area contributed by atoms with E-state index in [1.807, 2.05) is 35.2 Å². The van der Waals surface area contributed by atoms with Crippen molar-refractivity contribution >= 4 is 17.5 Å². The smallest absolute Gasteiger partial charge is 0.254 e. The quantitative estimate of drug-likeness (QED) is 0.738. The number of rotatable bonds is 5. The summed E-state index contributed by atoms with van der Waals surface area (Å²) in [4.78, 5) is 31.6. The molecule has 0 spiro atoms. The number of aliphatic hydroxyl groups excluding tert-OH is 1. The highest BCUT2D eigenvalue weighted by atomic mass is 16.5. The average Bonchev–Trinajstić information content (AvgIpc) is 3.18. The summed E-state index contributed by atoms with van der Waals surface area (Å²) in [5.41, 5.74) is 3.61. The predicted octanol–water partition coefficient (Wildman–Crippen LogP) is 3.05. The molecule has 1 N–H and O–H groups in total. The molecule has 2 aromatic rings. The van der Waals surface area contributed by atoms with E-state index in [1.165, 1.54) is 5.56 Å². The van der Waals surface area contributed by atoms with Crippen molar-refractivity contribution in [3.63, 3.8) is 0 Å². The van der Waals surface area contributed by atoms with Gasteiger partial charge >= 0.3 is 0 Å². The van der Waals surface area contributed by atoms with Crippen molar-refractivity contribution in [2.24, 2.45) is 5.92 Å². The minimum Gasteiger partial charge on any atom is -0.491 e. The molecule has 7 heteroatoms. The molecule has 3 aliphatic heterocycles. The van der Waals surface area contributed by atoms with Gasteiger partial charge in [-0.1, -0.05) is 12.1 Å². The number of amides is 2. The Morgan fingerprint density at radius 1 is 1.09 bits per heavy atom. The minimum absolute atomic E-state index is 0.0443. The van der Waals surface area contributed by atoms with E-state index in [0.717, 1.165) is 55.9 Å². The van der Waals surface area contributed by atoms with E-state index < -0.39 is 0 Å². The number of anilines is 1. The standard InChI is InChI=1S/C27H33N3O4/c31-19-21-4-2-10-28(17-21)16-20-8-9-25-23(14-20)18-29(12-13-34-25)27(33)22-5-1-6-24(15-22)30-11-3-7-26(30)32/h1,5-6,8-9,14-15,21,31H,2-4,7,10-13,16-19H2. The van der Waals surface area contributed by atoms with Gasteiger partial charge in [0.1, 0.15) is 12.4 Å². The van der Waals surface area contributed by atoms with Gasteiger partial charge in [0, 0.05) is 56.0 Å². The maximum Gasteiger partial charge on any atom is 0.254 e. The number of fused-ring (bicyclic) bond motifs is 1. The molecule has 180 valence electrons. The topological polar surface area (TPSA) is 73.3 Å². The SMILES string of the molecule is O=C(c1cccc(N2CCCC2=O)c1)N1CCOc2ccc(CN3CCCC(CO)C3)cc2C1. The van der Waals surface area contributed by atoms with Gasteiger partial charge in [-0.2, -0.15) is 0 Å². The first-order valence-electron chi connectivity index (χ1n) is 12.4. The zero-order chi connectivity index (χ0) is 23.5. The Hall–Kier alpha value is -2.90. The number of carbonyl (C=O) groups is 2. The van der Waals surface area contributed by atoms with Crippen molar-refractivity contribution in [3.8, 4) is 5.75 Å². The van der Waals surface area contributed by atoms with E-state index >= 15 is 0 Å². The lowest BCUT2D eigenvalue weighted by Gasteiger charge is -2.32. The van der Waals surface area contributed by atoms with Crippen LogP contribution in [0, 0.1) is 5.92 Å². The van der Waals surface area contributed by atoms with Gasteiger partial charge in [0.05, 0.1) is 6.54 Å². The van der Waals surface area contributed by atoms with Crippen LogP contribution in [0.4, 0.5) is 5.69 Å². The maximum absolute atomic E-state index is 13.4. The van der Waals surface area contributed by atoms with Crippen LogP contribution in [0.1, 0.15) is 47.2 Å². The highest BCUT2D eigenvalue weighted by Gasteiger charge is 2.25. The Balaban J connectivity index is 1.31. The van der Waals surface area contributed by atoms with Gasteiger partial charge in [-0.15, -0.1) is 0 Å². The molecule has 1 unspecified atom stereocenters. The molecule has 0 saturated carbocycles. The number of aliphatic hydroxyl groups is 1. The summed E-state index contributed by atoms with van der Waals surface area (Å²) in [5.74, 6) is 1.27. The Labute approximate surface area is 200 Å². The largest absolute Gasteiger partial charge is 0.491 e. The van der Waals surface area contributed by atoms with E-state index in [0.29, 0.717) is 44.1 Å². The fourth-order valence-electron chi connectivity index (χ4n) is 5.33. The van der Waals surface area contributed by atoms with Gasteiger partial charge in [-0.05, 0) is 67.6 Å². The van der Waals surface area contributed by atoms with Gasteiger partial charge in [0.2, 0.25) is 5.91 Å². The molecule has 2 fully saturated rings. The van der Waals surface area contributed by atoms with Crippen molar-refractivity contribution in [1.29, 1.82) is 0 Å². The van der Waals surface area contributed by atoms with Crippen molar-refractivity contribution < 1.29 is 19.4 Å². The molecule has 3 aliphatic rings. The Morgan fingerprint density at radius 2 is 2.00 bits per heavy atom. The summed E-state index contributed by atoms with van der Waals surface area (Å²) in [6, 6.07) is 13.7. The number of benzene rings is 2. The first-order valence-corrected chi connectivity index (χ1v) is 12.4. The van der Waals surface area contributed by atoms with E-state index in [2.05, 4.69) is 17.0 Å². The van der Waals surface area contributed by atoms with Crippen molar-refractivity contribution in [1.82, 2.24) is 9.80 Å². The molecule has 3 heterocycles. The number of piperidine rings is 1. The van der Waals surface area contributed by atoms with Gasteiger partial charge in [-0.25, -0.2) is 0 Å². The highest BCUT2D eigenvalue weighted by molar-refractivity contribution is 5.99. The molecule has 0 aromatic heterocycles. The molecule has 2 amide bonds. The van der Waals surface area contributed by atoms with E-state index in [-0.39, 0.29) is 18.4 Å².